The van der Waals surface area contributed by atoms with Crippen LogP contribution in [0.1, 0.15) is 23.2 Å². The van der Waals surface area contributed by atoms with Crippen molar-refractivity contribution in [2.45, 2.75) is 23.8 Å². The van der Waals surface area contributed by atoms with Gasteiger partial charge in [-0.3, -0.25) is 4.79 Å². The van der Waals surface area contributed by atoms with Gasteiger partial charge in [0.05, 0.1) is 24.5 Å². The maximum atomic E-state index is 12.4. The van der Waals surface area contributed by atoms with Crippen molar-refractivity contribution in [3.05, 3.63) is 48.2 Å². The molecule has 0 atom stereocenters. The molecule has 1 aliphatic rings. The first kappa shape index (κ1) is 16.8. The average molecular weight is 344 g/mol. The van der Waals surface area contributed by atoms with E-state index in [-0.39, 0.29) is 12.0 Å². The van der Waals surface area contributed by atoms with Crippen molar-refractivity contribution in [3.63, 3.8) is 0 Å². The second kappa shape index (κ2) is 8.17. The predicted molar refractivity (Wildman–Crippen MR) is 94.9 cm³/mol. The van der Waals surface area contributed by atoms with E-state index in [4.69, 9.17) is 9.47 Å². The molecule has 0 saturated carbocycles. The highest BCUT2D eigenvalue weighted by molar-refractivity contribution is 7.98. The molecule has 0 unspecified atom stereocenters. The van der Waals surface area contributed by atoms with Crippen LogP contribution in [0.4, 0.5) is 5.69 Å². The smallest absolute Gasteiger partial charge is 0.257 e. The molecule has 0 radical (unpaired) electrons. The third-order valence-electron chi connectivity index (χ3n) is 3.81. The summed E-state index contributed by atoms with van der Waals surface area (Å²) in [5.74, 6) is 0.365. The van der Waals surface area contributed by atoms with Crippen LogP contribution in [0, 0.1) is 0 Å². The van der Waals surface area contributed by atoms with Gasteiger partial charge in [0.1, 0.15) is 6.10 Å². The van der Waals surface area contributed by atoms with Gasteiger partial charge in [0.25, 0.3) is 5.91 Å². The van der Waals surface area contributed by atoms with Gasteiger partial charge in [0.2, 0.25) is 5.88 Å². The Bertz CT molecular complexity index is 685. The van der Waals surface area contributed by atoms with E-state index in [1.807, 2.05) is 30.5 Å². The molecular formula is C18H20N2O3S. The van der Waals surface area contributed by atoms with Crippen molar-refractivity contribution in [1.82, 2.24) is 4.98 Å². The maximum Gasteiger partial charge on any atom is 0.257 e. The molecule has 1 saturated heterocycles. The molecule has 5 nitrogen and oxygen atoms in total. The monoisotopic (exact) mass is 344 g/mol. The van der Waals surface area contributed by atoms with E-state index in [0.29, 0.717) is 11.4 Å². The van der Waals surface area contributed by atoms with Crippen LogP contribution in [-0.2, 0) is 4.74 Å². The van der Waals surface area contributed by atoms with Gasteiger partial charge in [0.15, 0.2) is 0 Å². The summed E-state index contributed by atoms with van der Waals surface area (Å²) in [6.07, 6.45) is 5.41. The third kappa shape index (κ3) is 4.27. The number of hydrogen-bond donors (Lipinski definition) is 1. The van der Waals surface area contributed by atoms with Crippen molar-refractivity contribution >= 4 is 23.4 Å². The Morgan fingerprint density at radius 2 is 2.04 bits per heavy atom. The van der Waals surface area contributed by atoms with Gasteiger partial charge in [-0.1, -0.05) is 12.1 Å². The van der Waals surface area contributed by atoms with Gasteiger partial charge in [0, 0.05) is 30.0 Å². The number of benzene rings is 1. The second-order valence-corrected chi connectivity index (χ2v) is 6.32. The largest absolute Gasteiger partial charge is 0.474 e. The fraction of sp³-hybridized carbons (Fsp3) is 0.333. The number of hydrogen-bond acceptors (Lipinski definition) is 5. The average Bonchev–Trinajstić information content (AvgIpc) is 2.63. The number of anilines is 1. The number of pyridine rings is 1. The molecule has 0 bridgehead atoms. The minimum Gasteiger partial charge on any atom is -0.474 e. The fourth-order valence-electron chi connectivity index (χ4n) is 2.49. The van der Waals surface area contributed by atoms with Gasteiger partial charge in [-0.2, -0.15) is 0 Å². The van der Waals surface area contributed by atoms with Crippen LogP contribution in [-0.4, -0.2) is 36.5 Å². The number of nitrogens with one attached hydrogen (secondary N) is 1. The zero-order chi connectivity index (χ0) is 16.8. The number of para-hydroxylation sites is 1. The first-order valence-electron chi connectivity index (χ1n) is 7.91. The normalized spacial score (nSPS) is 15.0. The molecule has 1 aromatic heterocycles. The van der Waals surface area contributed by atoms with Gasteiger partial charge in [-0.15, -0.1) is 11.8 Å². The summed E-state index contributed by atoms with van der Waals surface area (Å²) in [4.78, 5) is 17.6. The summed E-state index contributed by atoms with van der Waals surface area (Å²) in [6, 6.07) is 11.2. The number of thioether (sulfide) groups is 1. The molecule has 24 heavy (non-hydrogen) atoms. The lowest BCUT2D eigenvalue weighted by Gasteiger charge is -2.22. The van der Waals surface area contributed by atoms with Crippen LogP contribution in [0.2, 0.25) is 0 Å². The van der Waals surface area contributed by atoms with E-state index < -0.39 is 0 Å². The van der Waals surface area contributed by atoms with Crippen molar-refractivity contribution < 1.29 is 14.3 Å². The van der Waals surface area contributed by atoms with Crippen molar-refractivity contribution in [2.75, 3.05) is 24.8 Å². The summed E-state index contributed by atoms with van der Waals surface area (Å²) in [5, 5.41) is 2.92. The molecule has 0 spiro atoms. The molecule has 0 aliphatic carbocycles. The summed E-state index contributed by atoms with van der Waals surface area (Å²) in [6.45, 7) is 1.44. The Morgan fingerprint density at radius 3 is 2.75 bits per heavy atom. The highest BCUT2D eigenvalue weighted by Gasteiger charge is 2.16. The molecule has 2 heterocycles. The van der Waals surface area contributed by atoms with Crippen LogP contribution in [0.25, 0.3) is 0 Å². The zero-order valence-corrected chi connectivity index (χ0v) is 14.3. The second-order valence-electron chi connectivity index (χ2n) is 5.47. The van der Waals surface area contributed by atoms with Crippen LogP contribution >= 0.6 is 11.8 Å². The summed E-state index contributed by atoms with van der Waals surface area (Å²) in [7, 11) is 0. The van der Waals surface area contributed by atoms with E-state index in [1.165, 1.54) is 0 Å². The Hall–Kier alpha value is -2.05. The van der Waals surface area contributed by atoms with E-state index in [2.05, 4.69) is 10.3 Å². The molecule has 126 valence electrons. The first-order valence-corrected chi connectivity index (χ1v) is 9.13. The van der Waals surface area contributed by atoms with Crippen molar-refractivity contribution in [3.8, 4) is 5.88 Å². The molecule has 1 fully saturated rings. The van der Waals surface area contributed by atoms with Crippen LogP contribution in [0.5, 0.6) is 5.88 Å². The predicted octanol–water partition coefficient (Wildman–Crippen LogP) is 3.61. The summed E-state index contributed by atoms with van der Waals surface area (Å²) in [5.41, 5.74) is 1.31. The maximum absolute atomic E-state index is 12.4. The number of carbonyl (C=O) groups is 1. The lowest BCUT2D eigenvalue weighted by Crippen LogP contribution is -2.26. The number of aromatic nitrogens is 1. The topological polar surface area (TPSA) is 60.5 Å². The minimum absolute atomic E-state index is 0.138. The Balaban J connectivity index is 1.63. The van der Waals surface area contributed by atoms with Crippen molar-refractivity contribution in [1.29, 1.82) is 0 Å². The van der Waals surface area contributed by atoms with Gasteiger partial charge in [-0.05, 0) is 24.5 Å². The van der Waals surface area contributed by atoms with E-state index in [1.54, 1.807) is 30.1 Å². The van der Waals surface area contributed by atoms with Crippen LogP contribution in [0.15, 0.2) is 47.5 Å². The Kier molecular flexibility index (Phi) is 5.72. The minimum atomic E-state index is -0.179. The highest BCUT2D eigenvalue weighted by atomic mass is 32.2. The van der Waals surface area contributed by atoms with E-state index >= 15 is 0 Å². The van der Waals surface area contributed by atoms with Crippen molar-refractivity contribution in [2.24, 2.45) is 0 Å². The summed E-state index contributed by atoms with van der Waals surface area (Å²) < 4.78 is 11.1. The molecule has 1 N–H and O–H groups in total. The Labute approximate surface area is 145 Å². The number of nitrogens with zero attached hydrogens (tertiary/aromatic N) is 1. The van der Waals surface area contributed by atoms with E-state index in [9.17, 15) is 4.79 Å². The molecule has 2 aromatic rings. The van der Waals surface area contributed by atoms with Gasteiger partial charge < -0.3 is 14.8 Å². The lowest BCUT2D eigenvalue weighted by molar-refractivity contribution is 0.0237. The quantitative estimate of drug-likeness (QED) is 0.840. The molecule has 1 aromatic carbocycles. The molecular weight excluding hydrogens is 324 g/mol. The van der Waals surface area contributed by atoms with Gasteiger partial charge in [-0.25, -0.2) is 4.98 Å². The summed E-state index contributed by atoms with van der Waals surface area (Å²) >= 11 is 1.59. The SMILES string of the molecule is CSc1ccccc1NC(=O)c1ccc(OC2CCOCC2)nc1. The van der Waals surface area contributed by atoms with Crippen LogP contribution in [0.3, 0.4) is 0 Å². The molecule has 1 aliphatic heterocycles. The molecule has 1 amide bonds. The van der Waals surface area contributed by atoms with Crippen LogP contribution < -0.4 is 10.1 Å². The third-order valence-corrected chi connectivity index (χ3v) is 4.61. The molecule has 6 heteroatoms. The first-order chi connectivity index (χ1) is 11.8. The number of ether oxygens (including phenoxy) is 2. The van der Waals surface area contributed by atoms with E-state index in [0.717, 1.165) is 36.6 Å². The lowest BCUT2D eigenvalue weighted by atomic mass is 10.1. The fourth-order valence-corrected chi connectivity index (χ4v) is 3.04. The zero-order valence-electron chi connectivity index (χ0n) is 13.5. The highest BCUT2D eigenvalue weighted by Crippen LogP contribution is 2.25. The number of amides is 1. The standard InChI is InChI=1S/C18H20N2O3S/c1-24-16-5-3-2-4-15(16)20-18(21)13-6-7-17(19-12-13)23-14-8-10-22-11-9-14/h2-7,12,14H,8-11H2,1H3,(H,20,21). The Morgan fingerprint density at radius 1 is 1.25 bits per heavy atom. The van der Waals surface area contributed by atoms with Gasteiger partial charge >= 0.3 is 0 Å². The number of carbonyl (C=O) groups excluding carboxylic acids is 1. The number of rotatable bonds is 5. The molecule has 3 rings (SSSR count).